The van der Waals surface area contributed by atoms with Crippen LogP contribution in [0.25, 0.3) is 0 Å². The monoisotopic (exact) mass is 374 g/mol. The number of amides is 2. The van der Waals surface area contributed by atoms with Crippen LogP contribution in [0.5, 0.6) is 0 Å². The minimum Gasteiger partial charge on any atom is -0.343 e. The van der Waals surface area contributed by atoms with Crippen LogP contribution < -0.4 is 5.56 Å². The van der Waals surface area contributed by atoms with E-state index in [9.17, 15) is 14.4 Å². The number of piperidine rings is 1. The van der Waals surface area contributed by atoms with Crippen molar-refractivity contribution in [2.75, 3.05) is 20.1 Å². The van der Waals surface area contributed by atoms with Crippen LogP contribution in [0.1, 0.15) is 56.4 Å². The number of carbonyl (C=O) groups excluding carboxylic acids is 2. The summed E-state index contributed by atoms with van der Waals surface area (Å²) < 4.78 is 1.30. The molecule has 7 heteroatoms. The van der Waals surface area contributed by atoms with Crippen molar-refractivity contribution in [2.45, 2.75) is 58.5 Å². The van der Waals surface area contributed by atoms with Crippen LogP contribution in [0, 0.1) is 11.8 Å². The van der Waals surface area contributed by atoms with E-state index in [1.807, 2.05) is 18.9 Å². The molecule has 7 nitrogen and oxygen atoms in total. The Balaban J connectivity index is 1.51. The van der Waals surface area contributed by atoms with Crippen LogP contribution in [-0.4, -0.2) is 57.6 Å². The largest absolute Gasteiger partial charge is 0.343 e. The Morgan fingerprint density at radius 3 is 2.52 bits per heavy atom. The number of likely N-dealkylation sites (tertiary alicyclic amines) is 1. The molecule has 0 N–H and O–H groups in total. The summed E-state index contributed by atoms with van der Waals surface area (Å²) in [6.45, 7) is 5.72. The fourth-order valence-electron chi connectivity index (χ4n) is 3.90. The Labute approximate surface area is 160 Å². The zero-order valence-corrected chi connectivity index (χ0v) is 16.6. The molecule has 27 heavy (non-hydrogen) atoms. The molecule has 0 bridgehead atoms. The Bertz CT molecular complexity index is 752. The van der Waals surface area contributed by atoms with Crippen molar-refractivity contribution in [1.29, 1.82) is 0 Å². The summed E-state index contributed by atoms with van der Waals surface area (Å²) in [4.78, 5) is 40.4. The molecule has 2 heterocycles. The summed E-state index contributed by atoms with van der Waals surface area (Å²) in [7, 11) is 1.89. The van der Waals surface area contributed by atoms with Crippen molar-refractivity contribution in [2.24, 2.45) is 11.8 Å². The van der Waals surface area contributed by atoms with E-state index in [2.05, 4.69) is 12.0 Å². The summed E-state index contributed by atoms with van der Waals surface area (Å²) in [6.07, 6.45) is 4.45. The lowest BCUT2D eigenvalue weighted by Crippen LogP contribution is -2.47. The molecule has 1 aliphatic carbocycles. The van der Waals surface area contributed by atoms with E-state index in [1.165, 1.54) is 23.2 Å². The standard InChI is InChI=1S/C20H30N4O3/c1-4-24-19(26)8-6-17(21-24)20(27)23-11-9-16(10-12-23)22(3)18(25)7-5-15-13-14(15)2/h6,8,14-16H,4-5,7,9-13H2,1-3H3/t14-,15-/m1/s1. The van der Waals surface area contributed by atoms with Gasteiger partial charge in [-0.25, -0.2) is 4.68 Å². The molecule has 1 aromatic rings. The maximum atomic E-state index is 12.7. The van der Waals surface area contributed by atoms with Gasteiger partial charge in [0.05, 0.1) is 0 Å². The first-order chi connectivity index (χ1) is 12.9. The van der Waals surface area contributed by atoms with E-state index in [0.29, 0.717) is 31.7 Å². The van der Waals surface area contributed by atoms with Crippen LogP contribution in [0.2, 0.25) is 0 Å². The molecular weight excluding hydrogens is 344 g/mol. The van der Waals surface area contributed by atoms with E-state index < -0.39 is 0 Å². The van der Waals surface area contributed by atoms with E-state index in [1.54, 1.807) is 4.90 Å². The smallest absolute Gasteiger partial charge is 0.274 e. The zero-order chi connectivity index (χ0) is 19.6. The highest BCUT2D eigenvalue weighted by molar-refractivity contribution is 5.92. The molecule has 1 aliphatic heterocycles. The van der Waals surface area contributed by atoms with Crippen LogP contribution in [0.4, 0.5) is 0 Å². The normalized spacial score (nSPS) is 22.6. The van der Waals surface area contributed by atoms with E-state index in [4.69, 9.17) is 0 Å². The average Bonchev–Trinajstić information content (AvgIpc) is 3.40. The lowest BCUT2D eigenvalue weighted by atomic mass is 10.0. The van der Waals surface area contributed by atoms with Gasteiger partial charge in [0, 0.05) is 45.2 Å². The minimum atomic E-state index is -0.200. The zero-order valence-electron chi connectivity index (χ0n) is 16.6. The third kappa shape index (κ3) is 4.57. The van der Waals surface area contributed by atoms with Crippen LogP contribution >= 0.6 is 0 Å². The molecule has 2 fully saturated rings. The first-order valence-electron chi connectivity index (χ1n) is 10.0. The van der Waals surface area contributed by atoms with Gasteiger partial charge in [0.2, 0.25) is 5.91 Å². The molecule has 2 aliphatic rings. The van der Waals surface area contributed by atoms with Gasteiger partial charge in [-0.05, 0) is 50.5 Å². The highest BCUT2D eigenvalue weighted by Gasteiger charge is 2.33. The number of nitrogens with zero attached hydrogens (tertiary/aromatic N) is 4. The molecular formula is C20H30N4O3. The van der Waals surface area contributed by atoms with Crippen molar-refractivity contribution in [3.8, 4) is 0 Å². The average molecular weight is 374 g/mol. The van der Waals surface area contributed by atoms with E-state index in [0.717, 1.165) is 31.1 Å². The predicted molar refractivity (Wildman–Crippen MR) is 102 cm³/mol. The molecule has 148 valence electrons. The summed E-state index contributed by atoms with van der Waals surface area (Å²) >= 11 is 0. The maximum Gasteiger partial charge on any atom is 0.274 e. The second-order valence-electron chi connectivity index (χ2n) is 7.91. The first kappa shape index (κ1) is 19.6. The van der Waals surface area contributed by atoms with Crippen LogP contribution in [0.3, 0.4) is 0 Å². The molecule has 3 rings (SSSR count). The van der Waals surface area contributed by atoms with Gasteiger partial charge in [0.1, 0.15) is 5.69 Å². The fourth-order valence-corrected chi connectivity index (χ4v) is 3.90. The molecule has 2 amide bonds. The van der Waals surface area contributed by atoms with E-state index in [-0.39, 0.29) is 23.4 Å². The highest BCUT2D eigenvalue weighted by Crippen LogP contribution is 2.41. The summed E-state index contributed by atoms with van der Waals surface area (Å²) in [5, 5.41) is 4.15. The van der Waals surface area contributed by atoms with Crippen molar-refractivity contribution < 1.29 is 9.59 Å². The van der Waals surface area contributed by atoms with Crippen molar-refractivity contribution in [3.63, 3.8) is 0 Å². The topological polar surface area (TPSA) is 75.5 Å². The number of rotatable bonds is 6. The highest BCUT2D eigenvalue weighted by atomic mass is 16.2. The summed E-state index contributed by atoms with van der Waals surface area (Å²) in [6, 6.07) is 3.08. The number of hydrogen-bond acceptors (Lipinski definition) is 4. The molecule has 0 unspecified atom stereocenters. The number of aromatic nitrogens is 2. The first-order valence-corrected chi connectivity index (χ1v) is 10.0. The molecule has 0 aromatic carbocycles. The van der Waals surface area contributed by atoms with E-state index >= 15 is 0 Å². The quantitative estimate of drug-likeness (QED) is 0.760. The van der Waals surface area contributed by atoms with Crippen molar-refractivity contribution >= 4 is 11.8 Å². The second-order valence-corrected chi connectivity index (χ2v) is 7.91. The molecule has 1 saturated carbocycles. The lowest BCUT2D eigenvalue weighted by molar-refractivity contribution is -0.132. The number of carbonyl (C=O) groups is 2. The Morgan fingerprint density at radius 2 is 1.93 bits per heavy atom. The molecule has 1 saturated heterocycles. The van der Waals surface area contributed by atoms with Crippen molar-refractivity contribution in [1.82, 2.24) is 19.6 Å². The molecule has 1 aromatic heterocycles. The predicted octanol–water partition coefficient (Wildman–Crippen LogP) is 1.76. The van der Waals surface area contributed by atoms with Gasteiger partial charge in [0.25, 0.3) is 11.5 Å². The minimum absolute atomic E-state index is 0.146. The Hall–Kier alpha value is -2.18. The van der Waals surface area contributed by atoms with Gasteiger partial charge in [-0.2, -0.15) is 5.10 Å². The van der Waals surface area contributed by atoms with Crippen LogP contribution in [-0.2, 0) is 11.3 Å². The van der Waals surface area contributed by atoms with Gasteiger partial charge < -0.3 is 9.80 Å². The third-order valence-electron chi connectivity index (χ3n) is 6.08. The molecule has 0 radical (unpaired) electrons. The lowest BCUT2D eigenvalue weighted by Gasteiger charge is -2.36. The van der Waals surface area contributed by atoms with Gasteiger partial charge in [-0.3, -0.25) is 14.4 Å². The molecule has 0 spiro atoms. The van der Waals surface area contributed by atoms with Gasteiger partial charge in [-0.15, -0.1) is 0 Å². The number of hydrogen-bond donors (Lipinski definition) is 0. The summed E-state index contributed by atoms with van der Waals surface area (Å²) in [5.41, 5.74) is 0.103. The fraction of sp³-hybridized carbons (Fsp3) is 0.700. The third-order valence-corrected chi connectivity index (χ3v) is 6.08. The number of aryl methyl sites for hydroxylation is 1. The Morgan fingerprint density at radius 1 is 1.26 bits per heavy atom. The van der Waals surface area contributed by atoms with Crippen molar-refractivity contribution in [3.05, 3.63) is 28.2 Å². The van der Waals surface area contributed by atoms with Gasteiger partial charge in [0.15, 0.2) is 0 Å². The van der Waals surface area contributed by atoms with Gasteiger partial charge >= 0.3 is 0 Å². The second kappa shape index (κ2) is 8.23. The maximum absolute atomic E-state index is 12.7. The van der Waals surface area contributed by atoms with Crippen LogP contribution in [0.15, 0.2) is 16.9 Å². The Kier molecular flexibility index (Phi) is 5.97. The SMILES string of the molecule is CCn1nc(C(=O)N2CCC(N(C)C(=O)CC[C@@H]3C[C@H]3C)CC2)ccc1=O. The van der Waals surface area contributed by atoms with Gasteiger partial charge in [-0.1, -0.05) is 6.92 Å². The summed E-state index contributed by atoms with van der Waals surface area (Å²) in [5.74, 6) is 1.59. The molecule has 2 atom stereocenters.